The number of nitrogen functional groups attached to an aromatic ring is 1. The Labute approximate surface area is 124 Å². The Hall–Kier alpha value is -3.09. The second-order valence-electron chi connectivity index (χ2n) is 5.18. The molecular weight excluding hydrogens is 285 g/mol. The minimum absolute atomic E-state index is 0.134. The summed E-state index contributed by atoms with van der Waals surface area (Å²) in [4.78, 5) is 11.3. The lowest BCUT2D eigenvalue weighted by molar-refractivity contribution is 0.475. The molecule has 3 aromatic heterocycles. The van der Waals surface area contributed by atoms with Crippen LogP contribution in [-0.4, -0.2) is 24.6 Å². The summed E-state index contributed by atoms with van der Waals surface area (Å²) in [6, 6.07) is 4.20. The van der Waals surface area contributed by atoms with Gasteiger partial charge in [0, 0.05) is 36.0 Å². The number of aromatic hydroxyl groups is 1. The summed E-state index contributed by atoms with van der Waals surface area (Å²) in [6.45, 7) is 0. The van der Waals surface area contributed by atoms with Crippen LogP contribution in [0.3, 0.4) is 0 Å². The number of phenols is 1. The largest absolute Gasteiger partial charge is 0.506 e. The molecule has 4 aromatic rings. The molecule has 0 unspecified atom stereocenters. The van der Waals surface area contributed by atoms with E-state index in [0.29, 0.717) is 28.1 Å². The van der Waals surface area contributed by atoms with Gasteiger partial charge in [0.15, 0.2) is 0 Å². The van der Waals surface area contributed by atoms with E-state index in [9.17, 15) is 9.50 Å². The number of halogens is 1. The van der Waals surface area contributed by atoms with Crippen LogP contribution >= 0.6 is 0 Å². The number of rotatable bonds is 1. The first-order valence-electron chi connectivity index (χ1n) is 6.61. The number of anilines is 1. The van der Waals surface area contributed by atoms with Gasteiger partial charge in [-0.1, -0.05) is 0 Å². The molecule has 0 amide bonds. The van der Waals surface area contributed by atoms with Crippen LogP contribution in [0, 0.1) is 5.82 Å². The van der Waals surface area contributed by atoms with E-state index in [2.05, 4.69) is 15.0 Å². The molecule has 0 aliphatic carbocycles. The van der Waals surface area contributed by atoms with E-state index in [0.717, 1.165) is 17.0 Å². The van der Waals surface area contributed by atoms with Crippen molar-refractivity contribution >= 4 is 27.8 Å². The molecule has 4 N–H and O–H groups in total. The van der Waals surface area contributed by atoms with E-state index in [1.807, 2.05) is 17.8 Å². The molecule has 4 rings (SSSR count). The third kappa shape index (κ3) is 1.65. The molecule has 0 saturated heterocycles. The van der Waals surface area contributed by atoms with E-state index in [4.69, 9.17) is 5.73 Å². The van der Waals surface area contributed by atoms with Gasteiger partial charge in [0.2, 0.25) is 0 Å². The second kappa shape index (κ2) is 4.20. The van der Waals surface area contributed by atoms with Crippen LogP contribution in [0.2, 0.25) is 0 Å². The fraction of sp³-hybridized carbons (Fsp3) is 0.0667. The zero-order valence-corrected chi connectivity index (χ0v) is 11.6. The van der Waals surface area contributed by atoms with Crippen molar-refractivity contribution in [2.24, 2.45) is 7.05 Å². The van der Waals surface area contributed by atoms with Gasteiger partial charge in [-0.2, -0.15) is 0 Å². The van der Waals surface area contributed by atoms with Crippen molar-refractivity contribution in [1.29, 1.82) is 0 Å². The minimum Gasteiger partial charge on any atom is -0.506 e. The quantitative estimate of drug-likeness (QED) is 0.503. The number of benzene rings is 1. The fourth-order valence-corrected chi connectivity index (χ4v) is 2.77. The molecule has 0 bridgehead atoms. The molecule has 0 saturated carbocycles. The van der Waals surface area contributed by atoms with E-state index in [1.165, 1.54) is 12.4 Å². The van der Waals surface area contributed by atoms with Crippen molar-refractivity contribution in [2.45, 2.75) is 0 Å². The van der Waals surface area contributed by atoms with Crippen LogP contribution in [0.5, 0.6) is 5.75 Å². The summed E-state index contributed by atoms with van der Waals surface area (Å²) >= 11 is 0. The number of nitrogens with one attached hydrogen (secondary N) is 1. The molecule has 7 heteroatoms. The lowest BCUT2D eigenvalue weighted by atomic mass is 10.1. The Morgan fingerprint density at radius 2 is 2.09 bits per heavy atom. The average Bonchev–Trinajstić information content (AvgIpc) is 3.02. The fourth-order valence-electron chi connectivity index (χ4n) is 2.77. The summed E-state index contributed by atoms with van der Waals surface area (Å²) in [5.41, 5.74) is 8.66. The van der Waals surface area contributed by atoms with Gasteiger partial charge in [-0.3, -0.25) is 0 Å². The molecule has 0 spiro atoms. The Kier molecular flexibility index (Phi) is 2.41. The van der Waals surface area contributed by atoms with Crippen LogP contribution in [-0.2, 0) is 7.05 Å². The number of aryl methyl sites for hydroxylation is 1. The van der Waals surface area contributed by atoms with Gasteiger partial charge in [-0.05, 0) is 12.1 Å². The SMILES string of the molecule is Cn1cc(-c2cc3cc(F)cc(O)c3[nH]2)c2c(N)ncnc21. The molecule has 1 aromatic carbocycles. The van der Waals surface area contributed by atoms with Crippen LogP contribution in [0.15, 0.2) is 30.7 Å². The standard InChI is InChI=1S/C15H12FN5O/c1-21-5-9(12-14(17)18-6-19-15(12)21)10-3-7-2-8(16)4-11(22)13(7)20-10/h2-6,20,22H,1H3,(H2,17,18,19). The molecule has 0 aliphatic rings. The molecule has 0 aliphatic heterocycles. The second-order valence-corrected chi connectivity index (χ2v) is 5.18. The van der Waals surface area contributed by atoms with Gasteiger partial charge in [0.25, 0.3) is 0 Å². The lowest BCUT2D eigenvalue weighted by Gasteiger charge is -1.98. The first-order chi connectivity index (χ1) is 10.5. The number of H-pyrrole nitrogens is 1. The molecule has 0 radical (unpaired) electrons. The van der Waals surface area contributed by atoms with Crippen molar-refractivity contribution in [2.75, 3.05) is 5.73 Å². The van der Waals surface area contributed by atoms with Gasteiger partial charge in [-0.25, -0.2) is 14.4 Å². The molecule has 6 nitrogen and oxygen atoms in total. The topological polar surface area (TPSA) is 92.8 Å². The summed E-state index contributed by atoms with van der Waals surface area (Å²) in [5, 5.41) is 11.2. The highest BCUT2D eigenvalue weighted by atomic mass is 19.1. The van der Waals surface area contributed by atoms with Gasteiger partial charge in [-0.15, -0.1) is 0 Å². The highest BCUT2D eigenvalue weighted by molar-refractivity contribution is 6.02. The van der Waals surface area contributed by atoms with Crippen molar-refractivity contribution in [1.82, 2.24) is 19.5 Å². The predicted octanol–water partition coefficient (Wildman–Crippen LogP) is 2.54. The molecule has 0 fully saturated rings. The Bertz CT molecular complexity index is 1030. The Morgan fingerprint density at radius 3 is 2.91 bits per heavy atom. The maximum Gasteiger partial charge on any atom is 0.145 e. The van der Waals surface area contributed by atoms with Crippen LogP contribution in [0.25, 0.3) is 33.2 Å². The number of phenolic OH excluding ortho intramolecular Hbond substituents is 1. The smallest absolute Gasteiger partial charge is 0.145 e. The Morgan fingerprint density at radius 1 is 1.27 bits per heavy atom. The summed E-state index contributed by atoms with van der Waals surface area (Å²) in [6.07, 6.45) is 3.28. The van der Waals surface area contributed by atoms with Gasteiger partial charge in [0.05, 0.1) is 10.9 Å². The van der Waals surface area contributed by atoms with Gasteiger partial charge >= 0.3 is 0 Å². The van der Waals surface area contributed by atoms with Crippen LogP contribution in [0.1, 0.15) is 0 Å². The average molecular weight is 297 g/mol. The summed E-state index contributed by atoms with van der Waals surface area (Å²) in [7, 11) is 1.86. The molecule has 3 heterocycles. The third-order valence-corrected chi connectivity index (χ3v) is 3.75. The van der Waals surface area contributed by atoms with Crippen molar-refractivity contribution < 1.29 is 9.50 Å². The summed E-state index contributed by atoms with van der Waals surface area (Å²) in [5.74, 6) is -0.253. The highest BCUT2D eigenvalue weighted by Crippen LogP contribution is 2.35. The first-order valence-corrected chi connectivity index (χ1v) is 6.61. The zero-order chi connectivity index (χ0) is 15.4. The third-order valence-electron chi connectivity index (χ3n) is 3.75. The maximum atomic E-state index is 13.4. The van der Waals surface area contributed by atoms with Crippen molar-refractivity contribution in [3.8, 4) is 17.0 Å². The number of fused-ring (bicyclic) bond motifs is 2. The lowest BCUT2D eigenvalue weighted by Crippen LogP contribution is -1.94. The highest BCUT2D eigenvalue weighted by Gasteiger charge is 2.16. The predicted molar refractivity (Wildman–Crippen MR) is 81.8 cm³/mol. The normalized spacial score (nSPS) is 11.5. The van der Waals surface area contributed by atoms with Crippen molar-refractivity contribution in [3.63, 3.8) is 0 Å². The number of hydrogen-bond donors (Lipinski definition) is 3. The molecular formula is C15H12FN5O. The monoisotopic (exact) mass is 297 g/mol. The van der Waals surface area contributed by atoms with E-state index >= 15 is 0 Å². The molecule has 110 valence electrons. The van der Waals surface area contributed by atoms with Crippen LogP contribution in [0.4, 0.5) is 10.2 Å². The van der Waals surface area contributed by atoms with E-state index in [-0.39, 0.29) is 5.75 Å². The molecule has 22 heavy (non-hydrogen) atoms. The number of nitrogens with two attached hydrogens (primary N) is 1. The van der Waals surface area contributed by atoms with E-state index in [1.54, 1.807) is 6.07 Å². The maximum absolute atomic E-state index is 13.4. The van der Waals surface area contributed by atoms with Crippen molar-refractivity contribution in [3.05, 3.63) is 36.5 Å². The first kappa shape index (κ1) is 12.6. The Balaban J connectivity index is 2.05. The van der Waals surface area contributed by atoms with Crippen LogP contribution < -0.4 is 5.73 Å². The number of aromatic amines is 1. The van der Waals surface area contributed by atoms with Gasteiger partial charge < -0.3 is 20.4 Å². The summed E-state index contributed by atoms with van der Waals surface area (Å²) < 4.78 is 15.3. The minimum atomic E-state index is -0.490. The zero-order valence-electron chi connectivity index (χ0n) is 11.6. The van der Waals surface area contributed by atoms with E-state index < -0.39 is 5.82 Å². The van der Waals surface area contributed by atoms with Gasteiger partial charge in [0.1, 0.15) is 29.4 Å². The number of aromatic nitrogens is 4. The molecule has 0 atom stereocenters. The number of nitrogens with zero attached hydrogens (tertiary/aromatic N) is 3. The number of hydrogen-bond acceptors (Lipinski definition) is 4.